The Morgan fingerprint density at radius 3 is 2.25 bits per heavy atom. The summed E-state index contributed by atoms with van der Waals surface area (Å²) in [6, 6.07) is 8.72. The number of nitrogens with two attached hydrogens (primary N) is 1. The molecule has 86 valence electrons. The van der Waals surface area contributed by atoms with Crippen molar-refractivity contribution in [2.45, 2.75) is 18.8 Å². The van der Waals surface area contributed by atoms with Crippen LogP contribution in [0.15, 0.2) is 30.3 Å². The summed E-state index contributed by atoms with van der Waals surface area (Å²) in [4.78, 5) is 23.4. The van der Waals surface area contributed by atoms with Crippen LogP contribution in [0.25, 0.3) is 0 Å². The van der Waals surface area contributed by atoms with Crippen LogP contribution in [0.2, 0.25) is 0 Å². The van der Waals surface area contributed by atoms with Gasteiger partial charge in [-0.05, 0) is 12.0 Å². The number of carbonyl (C=O) groups excluding carboxylic acids is 2. The van der Waals surface area contributed by atoms with Crippen molar-refractivity contribution in [3.05, 3.63) is 35.9 Å². The lowest BCUT2D eigenvalue weighted by molar-refractivity contribution is -0.152. The Hall–Kier alpha value is -1.84. The molecule has 2 N–H and O–H groups in total. The first-order chi connectivity index (χ1) is 7.59. The first kappa shape index (κ1) is 12.2. The predicted molar refractivity (Wildman–Crippen MR) is 59.6 cm³/mol. The molecule has 0 bridgehead atoms. The summed E-state index contributed by atoms with van der Waals surface area (Å²) >= 11 is 0. The smallest absolute Gasteiger partial charge is 0.325 e. The number of primary amides is 1. The van der Waals surface area contributed by atoms with E-state index < -0.39 is 17.3 Å². The molecule has 0 aliphatic rings. The summed E-state index contributed by atoms with van der Waals surface area (Å²) in [5.74, 6) is -1.30. The van der Waals surface area contributed by atoms with Crippen molar-refractivity contribution in [2.24, 2.45) is 5.73 Å². The van der Waals surface area contributed by atoms with Crippen LogP contribution < -0.4 is 5.73 Å². The summed E-state index contributed by atoms with van der Waals surface area (Å²) in [5, 5.41) is 0. The van der Waals surface area contributed by atoms with Crippen LogP contribution in [0.3, 0.4) is 0 Å². The molecule has 1 aromatic rings. The second-order valence-electron chi connectivity index (χ2n) is 3.48. The molecule has 1 amide bonds. The van der Waals surface area contributed by atoms with Gasteiger partial charge in [-0.25, -0.2) is 0 Å². The second kappa shape index (κ2) is 4.79. The summed E-state index contributed by atoms with van der Waals surface area (Å²) in [5.41, 5.74) is 4.54. The molecular formula is C12H15NO3. The molecule has 1 rings (SSSR count). The molecule has 1 atom stereocenters. The van der Waals surface area contributed by atoms with Gasteiger partial charge in [-0.3, -0.25) is 9.59 Å². The molecule has 0 aliphatic heterocycles. The minimum atomic E-state index is -1.38. The average Bonchev–Trinajstić information content (AvgIpc) is 2.31. The number of rotatable bonds is 4. The Kier molecular flexibility index (Phi) is 3.66. The van der Waals surface area contributed by atoms with Gasteiger partial charge in [0.1, 0.15) is 0 Å². The van der Waals surface area contributed by atoms with Crippen LogP contribution in [0, 0.1) is 0 Å². The maximum Gasteiger partial charge on any atom is 0.325 e. The molecule has 0 aliphatic carbocycles. The van der Waals surface area contributed by atoms with E-state index >= 15 is 0 Å². The molecule has 0 heterocycles. The minimum Gasteiger partial charge on any atom is -0.468 e. The third-order valence-electron chi connectivity index (χ3n) is 2.75. The van der Waals surface area contributed by atoms with Gasteiger partial charge in [-0.1, -0.05) is 37.3 Å². The summed E-state index contributed by atoms with van der Waals surface area (Å²) in [7, 11) is 1.25. The van der Waals surface area contributed by atoms with E-state index in [1.165, 1.54) is 7.11 Å². The van der Waals surface area contributed by atoms with Gasteiger partial charge >= 0.3 is 5.97 Å². The summed E-state index contributed by atoms with van der Waals surface area (Å²) in [6.45, 7) is 1.73. The number of benzene rings is 1. The van der Waals surface area contributed by atoms with Gasteiger partial charge in [0, 0.05) is 0 Å². The third kappa shape index (κ3) is 1.78. The maximum atomic E-state index is 11.8. The Bertz CT molecular complexity index is 389. The standard InChI is InChI=1S/C12H15NO3/c1-3-12(10(13)14,11(15)16-2)9-7-5-4-6-8-9/h4-8H,3H2,1-2H3,(H2,13,14)/t12-/m0/s1. The number of carbonyl (C=O) groups is 2. The highest BCUT2D eigenvalue weighted by atomic mass is 16.5. The van der Waals surface area contributed by atoms with Crippen molar-refractivity contribution >= 4 is 11.9 Å². The number of esters is 1. The SMILES string of the molecule is CC[C@](C(N)=O)(C(=O)OC)c1ccccc1. The highest BCUT2D eigenvalue weighted by Gasteiger charge is 2.45. The Morgan fingerprint density at radius 2 is 1.88 bits per heavy atom. The van der Waals surface area contributed by atoms with Crippen molar-refractivity contribution in [2.75, 3.05) is 7.11 Å². The van der Waals surface area contributed by atoms with Crippen molar-refractivity contribution in [1.82, 2.24) is 0 Å². The van der Waals surface area contributed by atoms with E-state index in [-0.39, 0.29) is 6.42 Å². The van der Waals surface area contributed by atoms with Crippen LogP contribution in [0.5, 0.6) is 0 Å². The van der Waals surface area contributed by atoms with E-state index in [1.54, 1.807) is 31.2 Å². The lowest BCUT2D eigenvalue weighted by atomic mass is 9.77. The second-order valence-corrected chi connectivity index (χ2v) is 3.48. The highest BCUT2D eigenvalue weighted by molar-refractivity contribution is 6.07. The lowest BCUT2D eigenvalue weighted by Crippen LogP contribution is -2.48. The van der Waals surface area contributed by atoms with Crippen molar-refractivity contribution < 1.29 is 14.3 Å². The molecule has 16 heavy (non-hydrogen) atoms. The van der Waals surface area contributed by atoms with E-state index in [0.717, 1.165) is 0 Å². The number of amides is 1. The minimum absolute atomic E-state index is 0.277. The van der Waals surface area contributed by atoms with Gasteiger partial charge in [0.25, 0.3) is 0 Å². The fourth-order valence-electron chi connectivity index (χ4n) is 1.78. The normalized spacial score (nSPS) is 13.9. The van der Waals surface area contributed by atoms with Gasteiger partial charge in [0.2, 0.25) is 5.91 Å². The summed E-state index contributed by atoms with van der Waals surface area (Å²) in [6.07, 6.45) is 0.277. The molecule has 0 aromatic heterocycles. The molecule has 0 saturated heterocycles. The van der Waals surface area contributed by atoms with Gasteiger partial charge in [-0.2, -0.15) is 0 Å². The van der Waals surface area contributed by atoms with Crippen LogP contribution in [0.1, 0.15) is 18.9 Å². The Balaban J connectivity index is 3.35. The van der Waals surface area contributed by atoms with E-state index in [9.17, 15) is 9.59 Å². The number of hydrogen-bond acceptors (Lipinski definition) is 3. The number of ether oxygens (including phenoxy) is 1. The quantitative estimate of drug-likeness (QED) is 0.609. The monoisotopic (exact) mass is 221 g/mol. The van der Waals surface area contributed by atoms with E-state index in [2.05, 4.69) is 4.74 Å². The Morgan fingerprint density at radius 1 is 1.31 bits per heavy atom. The molecular weight excluding hydrogens is 206 g/mol. The number of hydrogen-bond donors (Lipinski definition) is 1. The first-order valence-electron chi connectivity index (χ1n) is 5.03. The fourth-order valence-corrected chi connectivity index (χ4v) is 1.78. The van der Waals surface area contributed by atoms with Gasteiger partial charge in [0.05, 0.1) is 7.11 Å². The van der Waals surface area contributed by atoms with Crippen molar-refractivity contribution in [3.63, 3.8) is 0 Å². The topological polar surface area (TPSA) is 69.4 Å². The van der Waals surface area contributed by atoms with Gasteiger partial charge in [-0.15, -0.1) is 0 Å². The average molecular weight is 221 g/mol. The molecule has 0 saturated carbocycles. The molecule has 0 radical (unpaired) electrons. The highest BCUT2D eigenvalue weighted by Crippen LogP contribution is 2.29. The zero-order valence-corrected chi connectivity index (χ0v) is 9.40. The van der Waals surface area contributed by atoms with E-state index in [0.29, 0.717) is 5.56 Å². The largest absolute Gasteiger partial charge is 0.468 e. The zero-order chi connectivity index (χ0) is 12.2. The zero-order valence-electron chi connectivity index (χ0n) is 9.40. The third-order valence-corrected chi connectivity index (χ3v) is 2.75. The van der Waals surface area contributed by atoms with Crippen molar-refractivity contribution in [3.8, 4) is 0 Å². The molecule has 0 fully saturated rings. The fraction of sp³-hybridized carbons (Fsp3) is 0.333. The number of methoxy groups -OCH3 is 1. The maximum absolute atomic E-state index is 11.8. The molecule has 0 spiro atoms. The van der Waals surface area contributed by atoms with E-state index in [1.807, 2.05) is 6.07 Å². The van der Waals surface area contributed by atoms with Crippen LogP contribution in [-0.2, 0) is 19.7 Å². The molecule has 4 nitrogen and oxygen atoms in total. The van der Waals surface area contributed by atoms with Gasteiger partial charge in [0.15, 0.2) is 5.41 Å². The molecule has 1 aromatic carbocycles. The summed E-state index contributed by atoms with van der Waals surface area (Å²) < 4.78 is 4.68. The van der Waals surface area contributed by atoms with Crippen LogP contribution in [0.4, 0.5) is 0 Å². The lowest BCUT2D eigenvalue weighted by Gasteiger charge is -2.26. The van der Waals surface area contributed by atoms with Crippen LogP contribution in [-0.4, -0.2) is 19.0 Å². The predicted octanol–water partition coefficient (Wildman–Crippen LogP) is 0.993. The van der Waals surface area contributed by atoms with E-state index in [4.69, 9.17) is 5.73 Å². The first-order valence-corrected chi connectivity index (χ1v) is 5.03. The van der Waals surface area contributed by atoms with Crippen molar-refractivity contribution in [1.29, 1.82) is 0 Å². The molecule has 0 unspecified atom stereocenters. The molecule has 4 heteroatoms. The van der Waals surface area contributed by atoms with Crippen LogP contribution >= 0.6 is 0 Å². The Labute approximate surface area is 94.4 Å². The van der Waals surface area contributed by atoms with Gasteiger partial charge < -0.3 is 10.5 Å².